The SMILES string of the molecule is COc1ccc(OCCS(=O)(=O)Nc2ccccc2C(N)=O)cc1. The molecule has 8 heteroatoms. The van der Waals surface area contributed by atoms with Gasteiger partial charge in [-0.05, 0) is 36.4 Å². The minimum atomic E-state index is -3.68. The number of ether oxygens (including phenoxy) is 2. The number of methoxy groups -OCH3 is 1. The molecule has 7 nitrogen and oxygen atoms in total. The molecule has 0 fully saturated rings. The minimum Gasteiger partial charge on any atom is -0.497 e. The van der Waals surface area contributed by atoms with Crippen LogP contribution in [-0.2, 0) is 10.0 Å². The standard InChI is InChI=1S/C16H18N2O5S/c1-22-12-6-8-13(9-7-12)23-10-11-24(20,21)18-15-5-3-2-4-14(15)16(17)19/h2-9,18H,10-11H2,1H3,(H2,17,19). The topological polar surface area (TPSA) is 108 Å². The van der Waals surface area contributed by atoms with Crippen molar-refractivity contribution in [3.05, 3.63) is 54.1 Å². The molecule has 2 rings (SSSR count). The molecular weight excluding hydrogens is 332 g/mol. The van der Waals surface area contributed by atoms with Crippen molar-refractivity contribution in [1.29, 1.82) is 0 Å². The summed E-state index contributed by atoms with van der Waals surface area (Å²) in [6.07, 6.45) is 0. The van der Waals surface area contributed by atoms with Gasteiger partial charge >= 0.3 is 0 Å². The van der Waals surface area contributed by atoms with E-state index in [0.29, 0.717) is 11.5 Å². The van der Waals surface area contributed by atoms with E-state index in [2.05, 4.69) is 4.72 Å². The van der Waals surface area contributed by atoms with Gasteiger partial charge in [-0.2, -0.15) is 0 Å². The number of benzene rings is 2. The van der Waals surface area contributed by atoms with Gasteiger partial charge < -0.3 is 15.2 Å². The molecule has 24 heavy (non-hydrogen) atoms. The lowest BCUT2D eigenvalue weighted by atomic mass is 10.2. The average Bonchev–Trinajstić information content (AvgIpc) is 2.55. The number of para-hydroxylation sites is 1. The zero-order chi connectivity index (χ0) is 17.6. The highest BCUT2D eigenvalue weighted by molar-refractivity contribution is 7.92. The van der Waals surface area contributed by atoms with Crippen molar-refractivity contribution < 1.29 is 22.7 Å². The number of carbonyl (C=O) groups excluding carboxylic acids is 1. The maximum Gasteiger partial charge on any atom is 0.250 e. The first-order valence-electron chi connectivity index (χ1n) is 7.07. The molecule has 0 bridgehead atoms. The molecule has 0 unspecified atom stereocenters. The quantitative estimate of drug-likeness (QED) is 0.752. The van der Waals surface area contributed by atoms with Crippen molar-refractivity contribution >= 4 is 21.6 Å². The Balaban J connectivity index is 1.95. The number of hydrogen-bond acceptors (Lipinski definition) is 5. The van der Waals surface area contributed by atoms with E-state index in [1.807, 2.05) is 0 Å². The summed E-state index contributed by atoms with van der Waals surface area (Å²) in [6.45, 7) is -0.0413. The highest BCUT2D eigenvalue weighted by Gasteiger charge is 2.15. The molecule has 0 aliphatic heterocycles. The van der Waals surface area contributed by atoms with E-state index in [4.69, 9.17) is 15.2 Å². The molecular formula is C16H18N2O5S. The lowest BCUT2D eigenvalue weighted by Crippen LogP contribution is -2.23. The van der Waals surface area contributed by atoms with E-state index in [0.717, 1.165) is 0 Å². The summed E-state index contributed by atoms with van der Waals surface area (Å²) in [5, 5.41) is 0. The van der Waals surface area contributed by atoms with Crippen molar-refractivity contribution in [2.45, 2.75) is 0 Å². The maximum atomic E-state index is 12.1. The summed E-state index contributed by atoms with van der Waals surface area (Å²) in [7, 11) is -2.13. The first-order chi connectivity index (χ1) is 11.4. The predicted molar refractivity (Wildman–Crippen MR) is 90.9 cm³/mol. The van der Waals surface area contributed by atoms with Crippen molar-refractivity contribution in [3.63, 3.8) is 0 Å². The van der Waals surface area contributed by atoms with Gasteiger partial charge in [-0.25, -0.2) is 8.42 Å². The number of nitrogens with one attached hydrogen (secondary N) is 1. The number of rotatable bonds is 8. The van der Waals surface area contributed by atoms with Gasteiger partial charge in [-0.3, -0.25) is 9.52 Å². The van der Waals surface area contributed by atoms with E-state index in [-0.39, 0.29) is 23.6 Å². The van der Waals surface area contributed by atoms with Gasteiger partial charge in [0.1, 0.15) is 23.9 Å². The smallest absolute Gasteiger partial charge is 0.250 e. The molecule has 0 aromatic heterocycles. The van der Waals surface area contributed by atoms with Crippen LogP contribution in [0.4, 0.5) is 5.69 Å². The van der Waals surface area contributed by atoms with Crippen LogP contribution in [0.5, 0.6) is 11.5 Å². The Morgan fingerprint density at radius 3 is 2.33 bits per heavy atom. The monoisotopic (exact) mass is 350 g/mol. The van der Waals surface area contributed by atoms with E-state index < -0.39 is 15.9 Å². The second-order valence-electron chi connectivity index (χ2n) is 4.85. The largest absolute Gasteiger partial charge is 0.497 e. The third-order valence-corrected chi connectivity index (χ3v) is 4.37. The zero-order valence-electron chi connectivity index (χ0n) is 13.1. The second kappa shape index (κ2) is 7.69. The first-order valence-corrected chi connectivity index (χ1v) is 8.73. The van der Waals surface area contributed by atoms with Crippen LogP contribution in [0.3, 0.4) is 0 Å². The summed E-state index contributed by atoms with van der Waals surface area (Å²) in [5.74, 6) is 0.234. The molecule has 0 spiro atoms. The normalized spacial score (nSPS) is 10.9. The summed E-state index contributed by atoms with van der Waals surface area (Å²) >= 11 is 0. The number of primary amides is 1. The van der Waals surface area contributed by atoms with E-state index >= 15 is 0 Å². The Bertz CT molecular complexity index is 803. The van der Waals surface area contributed by atoms with Gasteiger partial charge in [0.15, 0.2) is 0 Å². The first kappa shape index (κ1) is 17.6. The van der Waals surface area contributed by atoms with Crippen LogP contribution < -0.4 is 19.9 Å². The fraction of sp³-hybridized carbons (Fsp3) is 0.188. The predicted octanol–water partition coefficient (Wildman–Crippen LogP) is 1.61. The third-order valence-electron chi connectivity index (χ3n) is 3.14. The molecule has 0 aliphatic rings. The summed E-state index contributed by atoms with van der Waals surface area (Å²) in [6, 6.07) is 12.9. The molecule has 0 heterocycles. The Kier molecular flexibility index (Phi) is 5.64. The Labute approximate surface area is 140 Å². The van der Waals surface area contributed by atoms with Gasteiger partial charge in [0, 0.05) is 0 Å². The van der Waals surface area contributed by atoms with E-state index in [1.54, 1.807) is 43.5 Å². The van der Waals surface area contributed by atoms with Crippen LogP contribution in [0.15, 0.2) is 48.5 Å². The van der Waals surface area contributed by atoms with E-state index in [1.165, 1.54) is 12.1 Å². The van der Waals surface area contributed by atoms with Gasteiger partial charge in [0.25, 0.3) is 5.91 Å². The van der Waals surface area contributed by atoms with Gasteiger partial charge in [0.2, 0.25) is 10.0 Å². The third kappa shape index (κ3) is 4.88. The fourth-order valence-corrected chi connectivity index (χ4v) is 2.86. The van der Waals surface area contributed by atoms with Crippen LogP contribution in [0, 0.1) is 0 Å². The summed E-state index contributed by atoms with van der Waals surface area (Å²) in [4.78, 5) is 11.3. The zero-order valence-corrected chi connectivity index (χ0v) is 13.9. The summed E-state index contributed by atoms with van der Waals surface area (Å²) in [5.41, 5.74) is 5.48. The highest BCUT2D eigenvalue weighted by atomic mass is 32.2. The van der Waals surface area contributed by atoms with Crippen LogP contribution in [0.1, 0.15) is 10.4 Å². The number of anilines is 1. The van der Waals surface area contributed by atoms with Gasteiger partial charge in [-0.15, -0.1) is 0 Å². The lowest BCUT2D eigenvalue weighted by Gasteiger charge is -2.11. The number of hydrogen-bond donors (Lipinski definition) is 2. The number of nitrogens with two attached hydrogens (primary N) is 1. The number of amides is 1. The molecule has 1 amide bonds. The molecule has 2 aromatic rings. The fourth-order valence-electron chi connectivity index (χ4n) is 1.95. The molecule has 0 saturated carbocycles. The van der Waals surface area contributed by atoms with Crippen LogP contribution in [0.25, 0.3) is 0 Å². The van der Waals surface area contributed by atoms with Crippen LogP contribution >= 0.6 is 0 Å². The Hall–Kier alpha value is -2.74. The lowest BCUT2D eigenvalue weighted by molar-refractivity contribution is 0.100. The van der Waals surface area contributed by atoms with E-state index in [9.17, 15) is 13.2 Å². The Morgan fingerprint density at radius 1 is 1.08 bits per heavy atom. The van der Waals surface area contributed by atoms with Crippen molar-refractivity contribution in [3.8, 4) is 11.5 Å². The molecule has 0 atom stereocenters. The molecule has 0 saturated heterocycles. The number of sulfonamides is 1. The van der Waals surface area contributed by atoms with Crippen molar-refractivity contribution in [2.75, 3.05) is 24.2 Å². The molecule has 128 valence electrons. The molecule has 0 radical (unpaired) electrons. The number of carbonyl (C=O) groups is 1. The molecule has 3 N–H and O–H groups in total. The van der Waals surface area contributed by atoms with Gasteiger partial charge in [0.05, 0.1) is 18.4 Å². The van der Waals surface area contributed by atoms with Crippen molar-refractivity contribution in [1.82, 2.24) is 0 Å². The Morgan fingerprint density at radius 2 is 1.71 bits per heavy atom. The molecule has 2 aromatic carbocycles. The highest BCUT2D eigenvalue weighted by Crippen LogP contribution is 2.18. The van der Waals surface area contributed by atoms with Crippen molar-refractivity contribution in [2.24, 2.45) is 5.73 Å². The van der Waals surface area contributed by atoms with Crippen LogP contribution in [-0.4, -0.2) is 33.8 Å². The van der Waals surface area contributed by atoms with Crippen LogP contribution in [0.2, 0.25) is 0 Å². The minimum absolute atomic E-state index is 0.0413. The second-order valence-corrected chi connectivity index (χ2v) is 6.70. The molecule has 0 aliphatic carbocycles. The maximum absolute atomic E-state index is 12.1. The average molecular weight is 350 g/mol. The van der Waals surface area contributed by atoms with Gasteiger partial charge in [-0.1, -0.05) is 12.1 Å². The summed E-state index contributed by atoms with van der Waals surface area (Å²) < 4.78 is 37.0.